The van der Waals surface area contributed by atoms with Crippen molar-refractivity contribution in [2.24, 2.45) is 7.05 Å². The molecule has 1 aromatic carbocycles. The Hall–Kier alpha value is -1.31. The van der Waals surface area contributed by atoms with Crippen molar-refractivity contribution in [3.8, 4) is 11.6 Å². The van der Waals surface area contributed by atoms with Crippen molar-refractivity contribution in [3.63, 3.8) is 0 Å². The van der Waals surface area contributed by atoms with Crippen LogP contribution in [-0.2, 0) is 13.7 Å². The van der Waals surface area contributed by atoms with E-state index in [1.807, 2.05) is 19.2 Å². The fourth-order valence-corrected chi connectivity index (χ4v) is 2.12. The first kappa shape index (κ1) is 13.1. The highest BCUT2D eigenvalue weighted by Gasteiger charge is 2.09. The Morgan fingerprint density at radius 2 is 2.17 bits per heavy atom. The molecular formula is C12H12FIN2O2. The van der Waals surface area contributed by atoms with Gasteiger partial charge in [-0.05, 0) is 34.7 Å². The lowest BCUT2D eigenvalue weighted by Gasteiger charge is -2.11. The van der Waals surface area contributed by atoms with Crippen LogP contribution in [0.4, 0.5) is 4.39 Å². The minimum absolute atomic E-state index is 0.297. The summed E-state index contributed by atoms with van der Waals surface area (Å²) in [4.78, 5) is 0. The quantitative estimate of drug-likeness (QED) is 0.768. The summed E-state index contributed by atoms with van der Waals surface area (Å²) in [5.41, 5.74) is 0.821. The molecule has 0 radical (unpaired) electrons. The van der Waals surface area contributed by atoms with E-state index in [-0.39, 0.29) is 0 Å². The van der Waals surface area contributed by atoms with E-state index in [1.165, 1.54) is 0 Å². The highest BCUT2D eigenvalue weighted by atomic mass is 127. The van der Waals surface area contributed by atoms with Gasteiger partial charge in [0.25, 0.3) is 0 Å². The van der Waals surface area contributed by atoms with Crippen LogP contribution < -0.4 is 9.47 Å². The second kappa shape index (κ2) is 6.03. The van der Waals surface area contributed by atoms with Crippen LogP contribution in [0.1, 0.15) is 5.56 Å². The molecule has 6 heteroatoms. The lowest BCUT2D eigenvalue weighted by Crippen LogP contribution is -2.03. The Morgan fingerprint density at radius 1 is 1.33 bits per heavy atom. The average Bonchev–Trinajstić information content (AvgIpc) is 2.75. The van der Waals surface area contributed by atoms with E-state index < -0.39 is 6.86 Å². The molecule has 0 spiro atoms. The molecule has 0 atom stereocenters. The highest BCUT2D eigenvalue weighted by molar-refractivity contribution is 14.1. The normalized spacial score (nSPS) is 10.4. The minimum atomic E-state index is -0.851. The molecule has 2 rings (SSSR count). The van der Waals surface area contributed by atoms with E-state index in [4.69, 9.17) is 9.47 Å². The molecule has 0 amide bonds. The first-order valence-electron chi connectivity index (χ1n) is 5.29. The average molecular weight is 362 g/mol. The molecule has 2 aromatic rings. The molecule has 0 aliphatic carbocycles. The maximum Gasteiger partial charge on any atom is 0.233 e. The smallest absolute Gasteiger partial charge is 0.233 e. The molecule has 0 fully saturated rings. The lowest BCUT2D eigenvalue weighted by atomic mass is 10.2. The number of alkyl halides is 1. The van der Waals surface area contributed by atoms with Gasteiger partial charge in [0, 0.05) is 28.4 Å². The van der Waals surface area contributed by atoms with Gasteiger partial charge in [0.05, 0.1) is 0 Å². The van der Waals surface area contributed by atoms with Gasteiger partial charge in [0.1, 0.15) is 12.4 Å². The summed E-state index contributed by atoms with van der Waals surface area (Å²) >= 11 is 2.17. The van der Waals surface area contributed by atoms with Gasteiger partial charge in [-0.25, -0.2) is 4.39 Å². The van der Waals surface area contributed by atoms with Crippen molar-refractivity contribution in [2.75, 3.05) is 6.86 Å². The summed E-state index contributed by atoms with van der Waals surface area (Å²) < 4.78 is 25.4. The van der Waals surface area contributed by atoms with Crippen LogP contribution in [0.5, 0.6) is 11.6 Å². The monoisotopic (exact) mass is 362 g/mol. The molecular weight excluding hydrogens is 350 g/mol. The molecule has 0 saturated heterocycles. The molecule has 0 bridgehead atoms. The van der Waals surface area contributed by atoms with Crippen LogP contribution in [0.3, 0.4) is 0 Å². The summed E-state index contributed by atoms with van der Waals surface area (Å²) in [6.07, 6.45) is 1.80. The fraction of sp³-hybridized carbons (Fsp3) is 0.250. The van der Waals surface area contributed by atoms with Crippen molar-refractivity contribution >= 4 is 22.6 Å². The third-order valence-electron chi connectivity index (χ3n) is 2.34. The third kappa shape index (κ3) is 3.12. The van der Waals surface area contributed by atoms with Crippen molar-refractivity contribution in [1.82, 2.24) is 9.78 Å². The predicted octanol–water partition coefficient (Wildman–Crippen LogP) is 2.91. The second-order valence-corrected chi connectivity index (χ2v) is 4.75. The number of ether oxygens (including phenoxy) is 2. The van der Waals surface area contributed by atoms with Gasteiger partial charge in [0.15, 0.2) is 0 Å². The zero-order valence-corrected chi connectivity index (χ0v) is 11.9. The molecule has 1 heterocycles. The molecule has 0 saturated carbocycles. The van der Waals surface area contributed by atoms with Crippen LogP contribution in [0.25, 0.3) is 0 Å². The van der Waals surface area contributed by atoms with Gasteiger partial charge in [-0.1, -0.05) is 6.07 Å². The Balaban J connectivity index is 2.12. The van der Waals surface area contributed by atoms with Crippen molar-refractivity contribution in [1.29, 1.82) is 0 Å². The van der Waals surface area contributed by atoms with Gasteiger partial charge in [-0.2, -0.15) is 0 Å². The highest BCUT2D eigenvalue weighted by Crippen LogP contribution is 2.25. The molecule has 0 aliphatic heterocycles. The molecule has 0 unspecified atom stereocenters. The Morgan fingerprint density at radius 3 is 2.83 bits per heavy atom. The summed E-state index contributed by atoms with van der Waals surface area (Å²) in [5, 5.41) is 4.11. The number of benzene rings is 1. The van der Waals surface area contributed by atoms with Crippen LogP contribution in [0.2, 0.25) is 0 Å². The van der Waals surface area contributed by atoms with E-state index in [9.17, 15) is 4.39 Å². The van der Waals surface area contributed by atoms with E-state index in [2.05, 4.69) is 27.7 Å². The minimum Gasteiger partial charge on any atom is -0.472 e. The van der Waals surface area contributed by atoms with Crippen molar-refractivity contribution < 1.29 is 13.9 Å². The Bertz CT molecular complexity index is 531. The summed E-state index contributed by atoms with van der Waals surface area (Å²) in [7, 11) is 1.82. The number of hydrogen-bond acceptors (Lipinski definition) is 3. The fourth-order valence-electron chi connectivity index (χ4n) is 1.49. The zero-order valence-electron chi connectivity index (χ0n) is 9.77. The SMILES string of the molecule is Cn1ccc(OCc2c(I)cccc2OCF)n1. The standard InChI is InChI=1S/C12H12FIN2O2/c1-16-6-5-12(15-16)17-7-9-10(14)3-2-4-11(9)18-8-13/h2-6H,7-8H2,1H3. The van der Waals surface area contributed by atoms with E-state index in [0.29, 0.717) is 18.2 Å². The van der Waals surface area contributed by atoms with E-state index in [1.54, 1.807) is 23.0 Å². The van der Waals surface area contributed by atoms with Gasteiger partial charge in [0.2, 0.25) is 12.7 Å². The number of aryl methyl sites for hydroxylation is 1. The zero-order chi connectivity index (χ0) is 13.0. The Kier molecular flexibility index (Phi) is 4.40. The van der Waals surface area contributed by atoms with Crippen LogP contribution in [0.15, 0.2) is 30.5 Å². The second-order valence-electron chi connectivity index (χ2n) is 3.59. The first-order chi connectivity index (χ1) is 8.70. The van der Waals surface area contributed by atoms with Crippen molar-refractivity contribution in [3.05, 3.63) is 39.6 Å². The summed E-state index contributed by atoms with van der Waals surface area (Å²) in [6, 6.07) is 7.23. The number of aromatic nitrogens is 2. The largest absolute Gasteiger partial charge is 0.472 e. The molecule has 0 N–H and O–H groups in total. The first-order valence-corrected chi connectivity index (χ1v) is 6.37. The molecule has 4 nitrogen and oxygen atoms in total. The number of nitrogens with zero attached hydrogens (tertiary/aromatic N) is 2. The lowest BCUT2D eigenvalue weighted by molar-refractivity contribution is 0.185. The summed E-state index contributed by atoms with van der Waals surface area (Å²) in [5.74, 6) is 1.03. The maximum atomic E-state index is 12.3. The third-order valence-corrected chi connectivity index (χ3v) is 3.35. The number of rotatable bonds is 5. The summed E-state index contributed by atoms with van der Waals surface area (Å²) in [6.45, 7) is -0.553. The topological polar surface area (TPSA) is 36.3 Å². The Labute approximate surface area is 118 Å². The van der Waals surface area contributed by atoms with Crippen LogP contribution in [-0.4, -0.2) is 16.6 Å². The maximum absolute atomic E-state index is 12.3. The van der Waals surface area contributed by atoms with Gasteiger partial charge >= 0.3 is 0 Å². The van der Waals surface area contributed by atoms with E-state index >= 15 is 0 Å². The van der Waals surface area contributed by atoms with Crippen LogP contribution in [0, 0.1) is 3.57 Å². The van der Waals surface area contributed by atoms with Gasteiger partial charge in [-0.15, -0.1) is 5.10 Å². The van der Waals surface area contributed by atoms with Gasteiger partial charge < -0.3 is 9.47 Å². The predicted molar refractivity (Wildman–Crippen MR) is 73.3 cm³/mol. The van der Waals surface area contributed by atoms with E-state index in [0.717, 1.165) is 9.13 Å². The molecule has 0 aliphatic rings. The van der Waals surface area contributed by atoms with Crippen molar-refractivity contribution in [2.45, 2.75) is 6.61 Å². The molecule has 96 valence electrons. The number of halogens is 2. The number of hydrogen-bond donors (Lipinski definition) is 0. The van der Waals surface area contributed by atoms with Gasteiger partial charge in [-0.3, -0.25) is 4.68 Å². The molecule has 1 aromatic heterocycles. The van der Waals surface area contributed by atoms with Crippen LogP contribution >= 0.6 is 22.6 Å². The molecule has 18 heavy (non-hydrogen) atoms.